The largest absolute Gasteiger partial charge is 0.497 e. The van der Waals surface area contributed by atoms with Gasteiger partial charge in [0.25, 0.3) is 15.9 Å². The number of primary sulfonamides is 1. The van der Waals surface area contributed by atoms with Crippen LogP contribution in [0, 0.1) is 41.9 Å². The molecule has 8 rings (SSSR count). The van der Waals surface area contributed by atoms with E-state index in [0.717, 1.165) is 12.8 Å². The van der Waals surface area contributed by atoms with Crippen molar-refractivity contribution >= 4 is 85.6 Å². The minimum absolute atomic E-state index is 0. The van der Waals surface area contributed by atoms with Crippen LogP contribution < -0.4 is 38.3 Å². The average Bonchev–Trinajstić information content (AvgIpc) is 4.11. The molecule has 2 aliphatic rings. The molecule has 1 amide bonds. The van der Waals surface area contributed by atoms with E-state index in [9.17, 15) is 26.4 Å². The molecule has 388 valence electrons. The number of benzene rings is 2. The SMILES string of the molecule is CC1(COc2ccn(-c3ccc(C(=O)O)c(Cl)n3)n2)CC1.COc1ccc(S(=O)(=O)NC(=O)c2ccc(-n3ccc(OCC4(C)CC4)n3)nc2Cl)c(OC)c1.COc1ccc(S(N)(=O)=O)c(OC)c1.[2H]C([2H])([B])I.[U]. The Kier molecular flexibility index (Phi) is 20.9. The number of hydrogen-bond acceptors (Lipinski definition) is 16. The van der Waals surface area contributed by atoms with Gasteiger partial charge in [0.1, 0.15) is 43.1 Å². The Balaban J connectivity index is 0.000000252. The first-order valence-electron chi connectivity index (χ1n) is 22.1. The maximum absolute atomic E-state index is 12.8. The number of hydrogen-bond donors (Lipinski definition) is 3. The van der Waals surface area contributed by atoms with E-state index in [4.69, 9.17) is 64.6 Å². The third-order valence-corrected chi connectivity index (χ3v) is 13.5. The van der Waals surface area contributed by atoms with Crippen molar-refractivity contribution in [1.82, 2.24) is 34.3 Å². The minimum atomic E-state index is -4.27. The summed E-state index contributed by atoms with van der Waals surface area (Å²) in [7, 11) is 2.25. The Bertz CT molecular complexity index is 3200. The molecule has 2 saturated carbocycles. The summed E-state index contributed by atoms with van der Waals surface area (Å²) in [5, 5.41) is 22.2. The zero-order valence-corrected chi connectivity index (χ0v) is 49.4. The molecule has 4 N–H and O–H groups in total. The number of carbonyl (C=O) groups is 2. The van der Waals surface area contributed by atoms with Gasteiger partial charge in [0, 0.05) is 81.3 Å². The van der Waals surface area contributed by atoms with Crippen molar-refractivity contribution in [2.75, 3.05) is 45.9 Å². The van der Waals surface area contributed by atoms with E-state index >= 15 is 0 Å². The second-order valence-corrected chi connectivity index (χ2v) is 20.9. The molecule has 2 fully saturated rings. The van der Waals surface area contributed by atoms with E-state index in [-0.39, 0.29) is 84.7 Å². The van der Waals surface area contributed by atoms with Crippen LogP contribution in [0.2, 0.25) is 10.3 Å². The van der Waals surface area contributed by atoms with Gasteiger partial charge in [-0.3, -0.25) is 4.79 Å². The van der Waals surface area contributed by atoms with Crippen LogP contribution in [0.15, 0.2) is 95.0 Å². The Hall–Kier alpha value is -4.81. The van der Waals surface area contributed by atoms with E-state index in [0.29, 0.717) is 48.1 Å². The van der Waals surface area contributed by atoms with E-state index in [1.54, 1.807) is 30.6 Å². The van der Waals surface area contributed by atoms with Crippen molar-refractivity contribution < 1.29 is 93.8 Å². The molecule has 28 heteroatoms. The number of nitrogens with one attached hydrogen (secondary N) is 1. The molecule has 0 atom stereocenters. The zero-order valence-electron chi connectivity index (χ0n) is 42.0. The fourth-order valence-electron chi connectivity index (χ4n) is 5.91. The van der Waals surface area contributed by atoms with Gasteiger partial charge in [0.05, 0.1) is 60.6 Å². The summed E-state index contributed by atoms with van der Waals surface area (Å²) in [6.45, 7) is 5.57. The normalized spacial score (nSPS) is 14.2. The van der Waals surface area contributed by atoms with Gasteiger partial charge in [0.15, 0.2) is 11.6 Å². The maximum atomic E-state index is 12.8. The zero-order chi connectivity index (χ0) is 54.8. The van der Waals surface area contributed by atoms with E-state index < -0.39 is 36.2 Å². The second-order valence-electron chi connectivity index (χ2n) is 16.3. The van der Waals surface area contributed by atoms with Crippen molar-refractivity contribution in [2.24, 2.45) is 16.0 Å². The van der Waals surface area contributed by atoms with Gasteiger partial charge >= 0.3 is 5.97 Å². The number of alkyl halides is 1. The Morgan fingerprint density at radius 2 is 1.15 bits per heavy atom. The van der Waals surface area contributed by atoms with Crippen molar-refractivity contribution in [2.45, 2.75) is 49.3 Å². The van der Waals surface area contributed by atoms with Crippen molar-refractivity contribution in [1.29, 1.82) is 0 Å². The number of nitrogens with two attached hydrogens (primary N) is 1. The van der Waals surface area contributed by atoms with Crippen LogP contribution in [0.1, 0.15) is 63.0 Å². The molecule has 0 spiro atoms. The first-order chi connectivity index (χ1) is 34.6. The third kappa shape index (κ3) is 17.4. The van der Waals surface area contributed by atoms with Crippen LogP contribution in [0.25, 0.3) is 11.6 Å². The second kappa shape index (κ2) is 26.6. The van der Waals surface area contributed by atoms with E-state index in [2.05, 4.69) is 41.9 Å². The average molecular weight is 1420 g/mol. The Morgan fingerprint density at radius 3 is 1.52 bits per heavy atom. The molecule has 73 heavy (non-hydrogen) atoms. The van der Waals surface area contributed by atoms with Gasteiger partial charge in [-0.2, -0.15) is 0 Å². The van der Waals surface area contributed by atoms with Crippen LogP contribution in [0.3, 0.4) is 0 Å². The van der Waals surface area contributed by atoms with Gasteiger partial charge < -0.3 is 33.5 Å². The summed E-state index contributed by atoms with van der Waals surface area (Å²) in [6.07, 6.45) is 7.99. The fourth-order valence-corrected chi connectivity index (χ4v) is 8.17. The van der Waals surface area contributed by atoms with Crippen LogP contribution >= 0.6 is 45.8 Å². The smallest absolute Gasteiger partial charge is 0.338 e. The van der Waals surface area contributed by atoms with Crippen LogP contribution in [-0.4, -0.2) is 117 Å². The summed E-state index contributed by atoms with van der Waals surface area (Å²) in [4.78, 5) is 31.5. The number of carboxylic acid groups (broad SMARTS) is 1. The number of rotatable bonds is 17. The van der Waals surface area contributed by atoms with Gasteiger partial charge in [0.2, 0.25) is 21.8 Å². The molecule has 2 radical (unpaired) electrons. The topological polar surface area (TPSA) is 278 Å². The number of carbonyl (C=O) groups excluding carboxylic acids is 1. The number of carboxylic acids is 1. The minimum Gasteiger partial charge on any atom is -0.497 e. The third-order valence-electron chi connectivity index (χ3n) is 10.7. The van der Waals surface area contributed by atoms with Gasteiger partial charge in [-0.1, -0.05) is 59.6 Å². The number of aromatic nitrogens is 6. The van der Waals surface area contributed by atoms with Crippen molar-refractivity contribution in [3.8, 4) is 46.4 Å². The summed E-state index contributed by atoms with van der Waals surface area (Å²) in [5.74, 6) is 0.804. The van der Waals surface area contributed by atoms with E-state index in [1.807, 2.05) is 4.72 Å². The predicted octanol–water partition coefficient (Wildman–Crippen LogP) is 6.93. The van der Waals surface area contributed by atoms with E-state index in [1.165, 1.54) is 128 Å². The molecule has 2 aromatic carbocycles. The summed E-state index contributed by atoms with van der Waals surface area (Å²) in [6, 6.07) is 17.7. The summed E-state index contributed by atoms with van der Waals surface area (Å²) >= 11 is 13.5. The van der Waals surface area contributed by atoms with Crippen LogP contribution in [-0.2, 0) is 20.0 Å². The fraction of sp³-hybridized carbons (Fsp3) is 0.333. The van der Waals surface area contributed by atoms with Gasteiger partial charge in [-0.25, -0.2) is 50.8 Å². The molecular weight excluding hydrogens is 1370 g/mol. The number of methoxy groups -OCH3 is 4. The maximum Gasteiger partial charge on any atom is 0.338 e. The molecule has 4 heterocycles. The first-order valence-corrected chi connectivity index (χ1v) is 25.9. The molecule has 4 aromatic heterocycles. The number of nitrogens with zero attached hydrogens (tertiary/aromatic N) is 6. The molecule has 6 aromatic rings. The molecule has 0 saturated heterocycles. The molecule has 0 bridgehead atoms. The monoisotopic (exact) mass is 1420 g/mol. The number of pyridine rings is 2. The Labute approximate surface area is 474 Å². The standard InChI is InChI=1S/C22H23ClN4O6S.C14H14ClN3O3.C8H11NO4S.CH2BI.U/c1-22(9-10-22)13-33-19-8-11-27(25-19)18-7-5-15(20(23)24-18)21(28)26-34(29,30)17-6-4-14(31-2)12-16(17)32-3;1-14(5-6-14)8-21-11-4-7-18(17-11)10-3-2-9(13(19)20)12(15)16-10;1-12-6-3-4-8(14(9,10)11)7(5-6)13-2;2-1-3;/h4-8,11-12H,9-10,13H2,1-3H3,(H,26,28);2-4,7H,5-6,8H2,1H3,(H,19,20);3-5H,1-2H3,(H2,9,10,11);1H2;/i;;;1D2;. The predicted molar refractivity (Wildman–Crippen MR) is 275 cm³/mol. The number of halogens is 3. The van der Waals surface area contributed by atoms with Crippen LogP contribution in [0.4, 0.5) is 0 Å². The quantitative estimate of drug-likeness (QED) is 0.0361. The van der Waals surface area contributed by atoms with Crippen molar-refractivity contribution in [3.63, 3.8) is 0 Å². The number of amides is 1. The number of aromatic carboxylic acids is 1. The first kappa shape index (κ1) is 57.5. The molecular formula is C45H50BCl2IN8O13S2U. The Morgan fingerprint density at radius 1 is 0.740 bits per heavy atom. The molecule has 0 aliphatic heterocycles. The van der Waals surface area contributed by atoms with Crippen molar-refractivity contribution in [3.05, 3.63) is 107 Å². The van der Waals surface area contributed by atoms with Crippen LogP contribution in [0.5, 0.6) is 34.8 Å². The summed E-state index contributed by atoms with van der Waals surface area (Å²) in [5.41, 5.74) is 0.350. The van der Waals surface area contributed by atoms with Gasteiger partial charge in [-0.05, 0) is 78.5 Å². The number of ether oxygens (including phenoxy) is 6. The molecule has 2 aliphatic carbocycles. The molecule has 0 unspecified atom stereocenters. The van der Waals surface area contributed by atoms with Gasteiger partial charge in [-0.15, -0.1) is 10.2 Å². The molecule has 21 nitrogen and oxygen atoms in total. The number of sulfonamides is 2. The summed E-state index contributed by atoms with van der Waals surface area (Å²) < 4.78 is 95.2.